The first-order valence-electron chi connectivity index (χ1n) is 7.38. The molecule has 2 rings (SSSR count). The monoisotopic (exact) mass is 302 g/mol. The summed E-state index contributed by atoms with van der Waals surface area (Å²) in [6.45, 7) is 7.70. The van der Waals surface area contributed by atoms with Crippen LogP contribution in [0.25, 0.3) is 0 Å². The quantitative estimate of drug-likeness (QED) is 0.890. The third kappa shape index (κ3) is 4.07. The number of ether oxygens (including phenoxy) is 1. The number of rotatable bonds is 6. The summed E-state index contributed by atoms with van der Waals surface area (Å²) in [7, 11) is 0. The first kappa shape index (κ1) is 16.0. The highest BCUT2D eigenvalue weighted by molar-refractivity contribution is 5.80. The molecule has 0 saturated carbocycles. The van der Waals surface area contributed by atoms with E-state index in [4.69, 9.17) is 4.74 Å². The Hall–Kier alpha value is -2.37. The van der Waals surface area contributed by atoms with E-state index in [1.807, 2.05) is 45.0 Å². The fraction of sp³-hybridized carbons (Fsp3) is 0.438. The first-order valence-corrected chi connectivity index (χ1v) is 7.38. The van der Waals surface area contributed by atoms with Crippen molar-refractivity contribution in [3.63, 3.8) is 0 Å². The number of hydrogen-bond donors (Lipinski definition) is 1. The van der Waals surface area contributed by atoms with Crippen molar-refractivity contribution < 1.29 is 9.53 Å². The molecule has 0 spiro atoms. The molecule has 0 fully saturated rings. The third-order valence-electron chi connectivity index (χ3n) is 3.30. The Morgan fingerprint density at radius 1 is 1.27 bits per heavy atom. The molecule has 6 nitrogen and oxygen atoms in total. The van der Waals surface area contributed by atoms with Crippen molar-refractivity contribution in [3.8, 4) is 5.75 Å². The number of carbonyl (C=O) groups is 1. The number of carbonyl (C=O) groups excluding carboxylic acids is 1. The number of nitrogens with one attached hydrogen (secondary N) is 1. The minimum atomic E-state index is -0.403. The van der Waals surface area contributed by atoms with Gasteiger partial charge in [0.05, 0.1) is 12.1 Å². The van der Waals surface area contributed by atoms with Crippen LogP contribution in [0.3, 0.4) is 0 Å². The van der Waals surface area contributed by atoms with Crippen LogP contribution in [0, 0.1) is 0 Å². The maximum absolute atomic E-state index is 12.3. The van der Waals surface area contributed by atoms with Crippen molar-refractivity contribution in [2.75, 3.05) is 0 Å². The average molecular weight is 302 g/mol. The Morgan fingerprint density at radius 2 is 2.05 bits per heavy atom. The molecule has 22 heavy (non-hydrogen) atoms. The standard InChI is InChI=1S/C16H22N4O2/c1-11(2)22-15-7-5-6-14(8-15)12(3)19-16(21)13(4)20-10-17-9-18-20/h5-13H,1-4H3,(H,19,21)/t12-,13+/m1/s1. The molecular formula is C16H22N4O2. The van der Waals surface area contributed by atoms with Crippen LogP contribution in [0.4, 0.5) is 0 Å². The summed E-state index contributed by atoms with van der Waals surface area (Å²) in [6, 6.07) is 7.24. The molecule has 1 heterocycles. The van der Waals surface area contributed by atoms with Crippen molar-refractivity contribution in [2.24, 2.45) is 0 Å². The van der Waals surface area contributed by atoms with Gasteiger partial charge in [0.2, 0.25) is 5.91 Å². The predicted octanol–water partition coefficient (Wildman–Crippen LogP) is 2.50. The molecule has 6 heteroatoms. The summed E-state index contributed by atoms with van der Waals surface area (Å²) in [4.78, 5) is 16.1. The van der Waals surface area contributed by atoms with E-state index in [1.165, 1.54) is 17.3 Å². The maximum Gasteiger partial charge on any atom is 0.245 e. The van der Waals surface area contributed by atoms with Crippen molar-refractivity contribution in [1.82, 2.24) is 20.1 Å². The highest BCUT2D eigenvalue weighted by atomic mass is 16.5. The van der Waals surface area contributed by atoms with Crippen LogP contribution in [-0.2, 0) is 4.79 Å². The Labute approximate surface area is 130 Å². The van der Waals surface area contributed by atoms with Gasteiger partial charge in [-0.25, -0.2) is 9.67 Å². The Kier molecular flexibility index (Phi) is 5.14. The highest BCUT2D eigenvalue weighted by Crippen LogP contribution is 2.20. The normalized spacial score (nSPS) is 13.7. The summed E-state index contributed by atoms with van der Waals surface area (Å²) < 4.78 is 7.21. The van der Waals surface area contributed by atoms with E-state index in [0.29, 0.717) is 0 Å². The smallest absolute Gasteiger partial charge is 0.245 e. The molecule has 2 atom stereocenters. The topological polar surface area (TPSA) is 69.0 Å². The first-order chi connectivity index (χ1) is 10.5. The van der Waals surface area contributed by atoms with Gasteiger partial charge in [-0.3, -0.25) is 4.79 Å². The van der Waals surface area contributed by atoms with E-state index in [1.54, 1.807) is 6.92 Å². The van der Waals surface area contributed by atoms with Gasteiger partial charge >= 0.3 is 0 Å². The summed E-state index contributed by atoms with van der Waals surface area (Å²) >= 11 is 0. The van der Waals surface area contributed by atoms with Crippen LogP contribution >= 0.6 is 0 Å². The van der Waals surface area contributed by atoms with Gasteiger partial charge in [-0.1, -0.05) is 12.1 Å². The van der Waals surface area contributed by atoms with E-state index in [9.17, 15) is 4.79 Å². The van der Waals surface area contributed by atoms with Gasteiger partial charge in [-0.15, -0.1) is 0 Å². The molecule has 1 aromatic heterocycles. The highest BCUT2D eigenvalue weighted by Gasteiger charge is 2.18. The number of amides is 1. The van der Waals surface area contributed by atoms with E-state index < -0.39 is 6.04 Å². The number of benzene rings is 1. The number of nitrogens with zero attached hydrogens (tertiary/aromatic N) is 3. The zero-order valence-corrected chi connectivity index (χ0v) is 13.4. The van der Waals surface area contributed by atoms with Crippen LogP contribution in [0.2, 0.25) is 0 Å². The van der Waals surface area contributed by atoms with Crippen molar-refractivity contribution in [1.29, 1.82) is 0 Å². The van der Waals surface area contributed by atoms with Gasteiger partial charge in [-0.05, 0) is 45.4 Å². The Morgan fingerprint density at radius 3 is 2.68 bits per heavy atom. The molecule has 0 aliphatic heterocycles. The molecule has 0 bridgehead atoms. The largest absolute Gasteiger partial charge is 0.491 e. The lowest BCUT2D eigenvalue weighted by Crippen LogP contribution is -2.33. The predicted molar refractivity (Wildman–Crippen MR) is 83.5 cm³/mol. The van der Waals surface area contributed by atoms with Crippen molar-refractivity contribution in [2.45, 2.75) is 45.9 Å². The molecule has 0 saturated heterocycles. The average Bonchev–Trinajstić information content (AvgIpc) is 3.00. The summed E-state index contributed by atoms with van der Waals surface area (Å²) in [5, 5.41) is 6.97. The van der Waals surface area contributed by atoms with Gasteiger partial charge in [0.25, 0.3) is 0 Å². The zero-order chi connectivity index (χ0) is 16.1. The molecular weight excluding hydrogens is 280 g/mol. The molecule has 0 radical (unpaired) electrons. The fourth-order valence-corrected chi connectivity index (χ4v) is 2.08. The van der Waals surface area contributed by atoms with Crippen LogP contribution in [0.5, 0.6) is 5.75 Å². The second-order valence-electron chi connectivity index (χ2n) is 5.52. The van der Waals surface area contributed by atoms with Gasteiger partial charge < -0.3 is 10.1 Å². The second kappa shape index (κ2) is 7.06. The van der Waals surface area contributed by atoms with Gasteiger partial charge in [0, 0.05) is 0 Å². The molecule has 0 aliphatic carbocycles. The van der Waals surface area contributed by atoms with Crippen LogP contribution in [0.15, 0.2) is 36.9 Å². The van der Waals surface area contributed by atoms with E-state index in [-0.39, 0.29) is 18.1 Å². The van der Waals surface area contributed by atoms with Crippen molar-refractivity contribution >= 4 is 5.91 Å². The lowest BCUT2D eigenvalue weighted by Gasteiger charge is -2.19. The third-order valence-corrected chi connectivity index (χ3v) is 3.30. The van der Waals surface area contributed by atoms with Crippen LogP contribution in [-0.4, -0.2) is 26.8 Å². The Bertz CT molecular complexity index is 610. The van der Waals surface area contributed by atoms with E-state index in [2.05, 4.69) is 15.4 Å². The lowest BCUT2D eigenvalue weighted by molar-refractivity contribution is -0.124. The molecule has 0 aliphatic rings. The SMILES string of the molecule is CC(C)Oc1cccc([C@@H](C)NC(=O)[C@H](C)n2cncn2)c1. The molecule has 1 N–H and O–H groups in total. The fourth-order valence-electron chi connectivity index (χ4n) is 2.08. The molecule has 118 valence electrons. The summed E-state index contributed by atoms with van der Waals surface area (Å²) in [5.74, 6) is 0.700. The molecule has 2 aromatic rings. The zero-order valence-electron chi connectivity index (χ0n) is 13.4. The van der Waals surface area contributed by atoms with Crippen molar-refractivity contribution in [3.05, 3.63) is 42.5 Å². The van der Waals surface area contributed by atoms with E-state index in [0.717, 1.165) is 11.3 Å². The Balaban J connectivity index is 2.02. The maximum atomic E-state index is 12.3. The number of hydrogen-bond acceptors (Lipinski definition) is 4. The summed E-state index contributed by atoms with van der Waals surface area (Å²) in [5.41, 5.74) is 0.997. The van der Waals surface area contributed by atoms with Gasteiger partial charge in [0.15, 0.2) is 0 Å². The second-order valence-corrected chi connectivity index (χ2v) is 5.52. The lowest BCUT2D eigenvalue weighted by atomic mass is 10.1. The van der Waals surface area contributed by atoms with E-state index >= 15 is 0 Å². The van der Waals surface area contributed by atoms with Crippen LogP contribution in [0.1, 0.15) is 45.3 Å². The minimum Gasteiger partial charge on any atom is -0.491 e. The molecule has 1 aromatic carbocycles. The molecule has 0 unspecified atom stereocenters. The number of aromatic nitrogens is 3. The molecule has 1 amide bonds. The minimum absolute atomic E-state index is 0.104. The summed E-state index contributed by atoms with van der Waals surface area (Å²) in [6.07, 6.45) is 3.07. The van der Waals surface area contributed by atoms with Gasteiger partial charge in [-0.2, -0.15) is 5.10 Å². The van der Waals surface area contributed by atoms with Crippen LogP contribution < -0.4 is 10.1 Å². The van der Waals surface area contributed by atoms with Gasteiger partial charge in [0.1, 0.15) is 24.4 Å².